The minimum atomic E-state index is 0.104. The van der Waals surface area contributed by atoms with Crippen LogP contribution in [0.5, 0.6) is 5.88 Å². The van der Waals surface area contributed by atoms with Crippen LogP contribution in [0.2, 0.25) is 5.02 Å². The zero-order valence-corrected chi connectivity index (χ0v) is 11.2. The standard InChI is InChI=1S/C13H11ClN2O3/c1-7-11-9-4-3-8(14)5-10(9)12(18-6-17-2)15-13(11)19-16-7/h3-5H,6H2,1-2H3. The van der Waals surface area contributed by atoms with Crippen LogP contribution in [0.3, 0.4) is 0 Å². The number of methoxy groups -OCH3 is 1. The van der Waals surface area contributed by atoms with E-state index < -0.39 is 0 Å². The average molecular weight is 279 g/mol. The number of hydrogen-bond donors (Lipinski definition) is 0. The van der Waals surface area contributed by atoms with Crippen LogP contribution in [0.15, 0.2) is 22.7 Å². The Labute approximate surface area is 114 Å². The summed E-state index contributed by atoms with van der Waals surface area (Å²) in [7, 11) is 1.55. The first-order chi connectivity index (χ1) is 9.20. The van der Waals surface area contributed by atoms with Crippen LogP contribution < -0.4 is 4.74 Å². The maximum Gasteiger partial charge on any atom is 0.261 e. The van der Waals surface area contributed by atoms with E-state index in [1.807, 2.05) is 19.1 Å². The van der Waals surface area contributed by atoms with Gasteiger partial charge in [0.25, 0.3) is 5.71 Å². The van der Waals surface area contributed by atoms with E-state index >= 15 is 0 Å². The van der Waals surface area contributed by atoms with E-state index in [1.54, 1.807) is 13.2 Å². The molecule has 6 heteroatoms. The summed E-state index contributed by atoms with van der Waals surface area (Å²) in [5.74, 6) is 0.419. The van der Waals surface area contributed by atoms with Gasteiger partial charge >= 0.3 is 0 Å². The lowest BCUT2D eigenvalue weighted by molar-refractivity contribution is 0.0491. The molecule has 2 heterocycles. The zero-order valence-electron chi connectivity index (χ0n) is 10.4. The largest absolute Gasteiger partial charge is 0.450 e. The Hall–Kier alpha value is -1.85. The number of nitrogens with zero attached hydrogens (tertiary/aromatic N) is 2. The lowest BCUT2D eigenvalue weighted by Gasteiger charge is -2.08. The maximum atomic E-state index is 6.04. The molecule has 0 saturated heterocycles. The predicted octanol–water partition coefficient (Wildman–Crippen LogP) is 3.32. The summed E-state index contributed by atoms with van der Waals surface area (Å²) in [5, 5.41) is 7.17. The van der Waals surface area contributed by atoms with Crippen molar-refractivity contribution >= 4 is 33.5 Å². The van der Waals surface area contributed by atoms with Crippen LogP contribution in [0.25, 0.3) is 21.9 Å². The molecule has 0 atom stereocenters. The van der Waals surface area contributed by atoms with Crippen molar-refractivity contribution in [3.63, 3.8) is 0 Å². The summed E-state index contributed by atoms with van der Waals surface area (Å²) < 4.78 is 15.6. The van der Waals surface area contributed by atoms with E-state index in [1.165, 1.54) is 0 Å². The monoisotopic (exact) mass is 278 g/mol. The molecule has 2 aromatic heterocycles. The fourth-order valence-corrected chi connectivity index (χ4v) is 2.20. The van der Waals surface area contributed by atoms with E-state index in [0.29, 0.717) is 16.6 Å². The van der Waals surface area contributed by atoms with Gasteiger partial charge in [-0.1, -0.05) is 22.8 Å². The van der Waals surface area contributed by atoms with E-state index in [0.717, 1.165) is 21.9 Å². The minimum Gasteiger partial charge on any atom is -0.450 e. The molecule has 0 N–H and O–H groups in total. The number of halogens is 1. The Bertz CT molecular complexity index is 754. The quantitative estimate of drug-likeness (QED) is 0.688. The highest BCUT2D eigenvalue weighted by Crippen LogP contribution is 2.34. The smallest absolute Gasteiger partial charge is 0.261 e. The molecular formula is C13H11ClN2O3. The molecule has 3 aromatic rings. The molecule has 0 aliphatic carbocycles. The van der Waals surface area contributed by atoms with Crippen molar-refractivity contribution in [1.29, 1.82) is 0 Å². The molecule has 0 spiro atoms. The van der Waals surface area contributed by atoms with Crippen molar-refractivity contribution in [2.75, 3.05) is 13.9 Å². The van der Waals surface area contributed by atoms with Gasteiger partial charge in [-0.2, -0.15) is 4.98 Å². The SMILES string of the molecule is COCOc1nc2onc(C)c2c2ccc(Cl)cc12. The van der Waals surface area contributed by atoms with Crippen molar-refractivity contribution in [1.82, 2.24) is 10.1 Å². The van der Waals surface area contributed by atoms with Gasteiger partial charge in [-0.3, -0.25) is 0 Å². The first-order valence-electron chi connectivity index (χ1n) is 5.67. The molecule has 0 unspecified atom stereocenters. The Morgan fingerprint density at radius 3 is 2.95 bits per heavy atom. The van der Waals surface area contributed by atoms with Gasteiger partial charge in [-0.15, -0.1) is 0 Å². The van der Waals surface area contributed by atoms with Crippen LogP contribution in [0, 0.1) is 6.92 Å². The Kier molecular flexibility index (Phi) is 3.00. The summed E-state index contributed by atoms with van der Waals surface area (Å²) in [4.78, 5) is 4.31. The van der Waals surface area contributed by atoms with Crippen LogP contribution in [-0.4, -0.2) is 24.0 Å². The number of hydrogen-bond acceptors (Lipinski definition) is 5. The Balaban J connectivity index is 2.35. The molecule has 19 heavy (non-hydrogen) atoms. The normalized spacial score (nSPS) is 11.3. The highest BCUT2D eigenvalue weighted by molar-refractivity contribution is 6.31. The molecule has 3 rings (SSSR count). The fourth-order valence-electron chi connectivity index (χ4n) is 2.03. The molecular weight excluding hydrogens is 268 g/mol. The van der Waals surface area contributed by atoms with Crippen LogP contribution in [0.1, 0.15) is 5.69 Å². The van der Waals surface area contributed by atoms with Crippen molar-refractivity contribution in [3.05, 3.63) is 28.9 Å². The van der Waals surface area contributed by atoms with Crippen LogP contribution in [-0.2, 0) is 4.74 Å². The average Bonchev–Trinajstić information content (AvgIpc) is 2.77. The third-order valence-electron chi connectivity index (χ3n) is 2.84. The molecule has 0 fully saturated rings. The van der Waals surface area contributed by atoms with Gasteiger partial charge in [0.1, 0.15) is 0 Å². The molecule has 0 bridgehead atoms. The number of aryl methyl sites for hydroxylation is 1. The molecule has 0 aliphatic rings. The molecule has 1 aromatic carbocycles. The summed E-state index contributed by atoms with van der Waals surface area (Å²) in [6.45, 7) is 1.98. The van der Waals surface area contributed by atoms with Crippen molar-refractivity contribution in [2.45, 2.75) is 6.92 Å². The first-order valence-corrected chi connectivity index (χ1v) is 6.05. The second kappa shape index (κ2) is 4.68. The van der Waals surface area contributed by atoms with Gasteiger partial charge in [0.15, 0.2) is 6.79 Å². The van der Waals surface area contributed by atoms with Gasteiger partial charge in [-0.25, -0.2) is 0 Å². The highest BCUT2D eigenvalue weighted by atomic mass is 35.5. The van der Waals surface area contributed by atoms with Gasteiger partial charge in [0, 0.05) is 22.9 Å². The van der Waals surface area contributed by atoms with E-state index in [2.05, 4.69) is 10.1 Å². The van der Waals surface area contributed by atoms with E-state index in [9.17, 15) is 0 Å². The summed E-state index contributed by atoms with van der Waals surface area (Å²) in [6, 6.07) is 5.53. The summed E-state index contributed by atoms with van der Waals surface area (Å²) in [6.07, 6.45) is 0. The van der Waals surface area contributed by atoms with Crippen molar-refractivity contribution < 1.29 is 14.0 Å². The molecule has 5 nitrogen and oxygen atoms in total. The van der Waals surface area contributed by atoms with Crippen molar-refractivity contribution in [3.8, 4) is 5.88 Å². The Morgan fingerprint density at radius 1 is 1.32 bits per heavy atom. The first kappa shape index (κ1) is 12.2. The second-order valence-electron chi connectivity index (χ2n) is 4.11. The minimum absolute atomic E-state index is 0.104. The summed E-state index contributed by atoms with van der Waals surface area (Å²) in [5.41, 5.74) is 1.23. The predicted molar refractivity (Wildman–Crippen MR) is 71.6 cm³/mol. The maximum absolute atomic E-state index is 6.04. The number of fused-ring (bicyclic) bond motifs is 3. The molecule has 0 amide bonds. The number of ether oxygens (including phenoxy) is 2. The number of benzene rings is 1. The topological polar surface area (TPSA) is 57.4 Å². The molecule has 0 aliphatic heterocycles. The lowest BCUT2D eigenvalue weighted by atomic mass is 10.1. The summed E-state index contributed by atoms with van der Waals surface area (Å²) >= 11 is 6.04. The number of rotatable bonds is 3. The van der Waals surface area contributed by atoms with Crippen molar-refractivity contribution in [2.24, 2.45) is 0 Å². The van der Waals surface area contributed by atoms with Crippen LogP contribution >= 0.6 is 11.6 Å². The van der Waals surface area contributed by atoms with Gasteiger partial charge in [-0.05, 0) is 19.1 Å². The van der Waals surface area contributed by atoms with E-state index in [-0.39, 0.29) is 6.79 Å². The Morgan fingerprint density at radius 2 is 2.16 bits per heavy atom. The van der Waals surface area contributed by atoms with Gasteiger partial charge in [0.05, 0.1) is 11.1 Å². The highest BCUT2D eigenvalue weighted by Gasteiger charge is 2.15. The third-order valence-corrected chi connectivity index (χ3v) is 3.08. The van der Waals surface area contributed by atoms with Crippen LogP contribution in [0.4, 0.5) is 0 Å². The zero-order chi connectivity index (χ0) is 13.4. The van der Waals surface area contributed by atoms with Gasteiger partial charge < -0.3 is 14.0 Å². The van der Waals surface area contributed by atoms with E-state index in [4.69, 9.17) is 25.6 Å². The molecule has 0 saturated carbocycles. The molecule has 0 radical (unpaired) electrons. The second-order valence-corrected chi connectivity index (χ2v) is 4.54. The lowest BCUT2D eigenvalue weighted by Crippen LogP contribution is -2.01. The number of aromatic nitrogens is 2. The number of pyridine rings is 1. The van der Waals surface area contributed by atoms with Gasteiger partial charge in [0.2, 0.25) is 5.88 Å². The third kappa shape index (κ3) is 2.01. The molecule has 98 valence electrons. The fraction of sp³-hybridized carbons (Fsp3) is 0.231.